The number of nitrogens with zero attached hydrogens (tertiary/aromatic N) is 6. The summed E-state index contributed by atoms with van der Waals surface area (Å²) in [5, 5.41) is 27.4. The molecule has 1 aliphatic rings. The van der Waals surface area contributed by atoms with Gasteiger partial charge in [0.2, 0.25) is 0 Å². The molecule has 3 atom stereocenters. The fraction of sp³-hybridized carbons (Fsp3) is 0.375. The van der Waals surface area contributed by atoms with Crippen molar-refractivity contribution in [2.75, 3.05) is 10.6 Å². The highest BCUT2D eigenvalue weighted by molar-refractivity contribution is 5.69. The molecular formula is C32H36FN9O3. The highest BCUT2D eigenvalue weighted by Gasteiger charge is 2.37. The number of alkyl carbamates (subject to hydrolysis) is 1. The van der Waals surface area contributed by atoms with Crippen molar-refractivity contribution in [2.24, 2.45) is 0 Å². The van der Waals surface area contributed by atoms with Gasteiger partial charge in [0.05, 0.1) is 60.3 Å². The number of aryl methyl sites for hydroxylation is 1. The van der Waals surface area contributed by atoms with Crippen LogP contribution in [-0.4, -0.2) is 54.8 Å². The minimum Gasteiger partial charge on any atom is -0.444 e. The number of carbonyl (C=O) groups is 1. The van der Waals surface area contributed by atoms with Crippen molar-refractivity contribution in [2.45, 2.75) is 77.4 Å². The maximum atomic E-state index is 15.5. The molecule has 3 aromatic heterocycles. The number of rotatable bonds is 9. The molecule has 4 aromatic rings. The number of amides is 1. The molecule has 3 N–H and O–H groups in total. The zero-order valence-electron chi connectivity index (χ0n) is 25.6. The van der Waals surface area contributed by atoms with E-state index in [0.717, 1.165) is 18.1 Å². The second-order valence-corrected chi connectivity index (χ2v) is 11.8. The van der Waals surface area contributed by atoms with Gasteiger partial charge in [-0.25, -0.2) is 14.2 Å². The van der Waals surface area contributed by atoms with Gasteiger partial charge in [-0.2, -0.15) is 15.5 Å². The summed E-state index contributed by atoms with van der Waals surface area (Å²) in [7, 11) is 0. The lowest BCUT2D eigenvalue weighted by atomic mass is 9.87. The number of ether oxygens (including phenoxy) is 2. The smallest absolute Gasteiger partial charge is 0.407 e. The van der Waals surface area contributed by atoms with E-state index in [1.54, 1.807) is 45.4 Å². The third-order valence-electron chi connectivity index (χ3n) is 7.20. The average molecular weight is 614 g/mol. The topological polar surface area (TPSA) is 152 Å². The molecule has 1 fully saturated rings. The molecule has 1 amide bonds. The number of nitrogens with one attached hydrogen (secondary N) is 3. The zero-order valence-corrected chi connectivity index (χ0v) is 25.6. The van der Waals surface area contributed by atoms with Crippen LogP contribution in [0.4, 0.5) is 26.5 Å². The molecule has 234 valence electrons. The number of aromatic nitrogens is 5. The number of halogens is 1. The molecule has 0 saturated heterocycles. The lowest BCUT2D eigenvalue weighted by Crippen LogP contribution is -2.56. The number of hydrogen-bond donors (Lipinski definition) is 3. The molecule has 1 aromatic carbocycles. The van der Waals surface area contributed by atoms with E-state index in [1.165, 1.54) is 4.80 Å². The van der Waals surface area contributed by atoms with Gasteiger partial charge in [-0.3, -0.25) is 4.98 Å². The van der Waals surface area contributed by atoms with Crippen LogP contribution in [0.15, 0.2) is 61.1 Å². The van der Waals surface area contributed by atoms with Crippen LogP contribution in [0.2, 0.25) is 0 Å². The standard InChI is InChI=1S/C32H36FN9O3/c1-20-26(42-36-13-14-37-42)16-23(18-35-20)38-29-22(17-34)15-24(33)30(41-29)40-28-25(39-31(43)45-32(2,3)4)11-8-12-27(28)44-19-21-9-6-5-7-10-21/h5-7,9-10,13-16,18,25,27-28H,8,11-12,19H2,1-4H3,(H,39,43)(H2,38,40,41). The molecular weight excluding hydrogens is 577 g/mol. The Morgan fingerprint density at radius 1 is 1.13 bits per heavy atom. The number of pyridine rings is 2. The van der Waals surface area contributed by atoms with E-state index in [1.807, 2.05) is 43.3 Å². The predicted molar refractivity (Wildman–Crippen MR) is 166 cm³/mol. The lowest BCUT2D eigenvalue weighted by molar-refractivity contribution is -0.00338. The molecule has 1 saturated carbocycles. The summed E-state index contributed by atoms with van der Waals surface area (Å²) in [6.07, 6.45) is 5.80. The minimum absolute atomic E-state index is 0.00124. The van der Waals surface area contributed by atoms with E-state index in [0.29, 0.717) is 36.5 Å². The molecule has 0 radical (unpaired) electrons. The highest BCUT2D eigenvalue weighted by Crippen LogP contribution is 2.30. The van der Waals surface area contributed by atoms with E-state index in [-0.39, 0.29) is 17.2 Å². The summed E-state index contributed by atoms with van der Waals surface area (Å²) in [4.78, 5) is 23.1. The first-order valence-corrected chi connectivity index (χ1v) is 14.7. The van der Waals surface area contributed by atoms with Crippen LogP contribution >= 0.6 is 0 Å². The normalized spacial score (nSPS) is 18.1. The van der Waals surface area contributed by atoms with Gasteiger partial charge in [-0.15, -0.1) is 4.80 Å². The first-order chi connectivity index (χ1) is 21.6. The van der Waals surface area contributed by atoms with Crippen LogP contribution in [0.25, 0.3) is 5.69 Å². The fourth-order valence-electron chi connectivity index (χ4n) is 5.13. The third kappa shape index (κ3) is 8.10. The summed E-state index contributed by atoms with van der Waals surface area (Å²) in [6, 6.07) is 13.6. The largest absolute Gasteiger partial charge is 0.444 e. The van der Waals surface area contributed by atoms with E-state index < -0.39 is 35.7 Å². The molecule has 3 unspecified atom stereocenters. The molecule has 3 heterocycles. The Labute approximate surface area is 261 Å². The van der Waals surface area contributed by atoms with Gasteiger partial charge in [0.25, 0.3) is 0 Å². The van der Waals surface area contributed by atoms with Gasteiger partial charge in [0, 0.05) is 0 Å². The number of benzene rings is 1. The van der Waals surface area contributed by atoms with Gasteiger partial charge in [0.15, 0.2) is 17.5 Å². The van der Waals surface area contributed by atoms with Gasteiger partial charge >= 0.3 is 6.09 Å². The van der Waals surface area contributed by atoms with Crippen LogP contribution in [-0.2, 0) is 16.1 Å². The van der Waals surface area contributed by atoms with E-state index in [4.69, 9.17) is 9.47 Å². The Hall–Kier alpha value is -5.09. The Balaban J connectivity index is 1.43. The van der Waals surface area contributed by atoms with Crippen molar-refractivity contribution in [1.82, 2.24) is 30.3 Å². The Kier molecular flexibility index (Phi) is 9.53. The van der Waals surface area contributed by atoms with Crippen molar-refractivity contribution in [1.29, 1.82) is 5.26 Å². The van der Waals surface area contributed by atoms with Crippen molar-refractivity contribution in [3.05, 3.63) is 83.7 Å². The van der Waals surface area contributed by atoms with E-state index in [9.17, 15) is 10.1 Å². The first kappa shape index (κ1) is 31.3. The van der Waals surface area contributed by atoms with E-state index in [2.05, 4.69) is 36.1 Å². The lowest BCUT2D eigenvalue weighted by Gasteiger charge is -2.39. The molecule has 0 spiro atoms. The van der Waals surface area contributed by atoms with Crippen LogP contribution in [0.5, 0.6) is 0 Å². The Bertz CT molecular complexity index is 1650. The molecule has 45 heavy (non-hydrogen) atoms. The van der Waals surface area contributed by atoms with Crippen LogP contribution < -0.4 is 16.0 Å². The Morgan fingerprint density at radius 2 is 1.89 bits per heavy atom. The second kappa shape index (κ2) is 13.7. The summed E-state index contributed by atoms with van der Waals surface area (Å²) in [6.45, 7) is 7.53. The minimum atomic E-state index is -0.719. The molecule has 0 aliphatic heterocycles. The Morgan fingerprint density at radius 3 is 2.60 bits per heavy atom. The summed E-state index contributed by atoms with van der Waals surface area (Å²) in [5.74, 6) is -0.689. The van der Waals surface area contributed by atoms with Crippen molar-refractivity contribution in [3.63, 3.8) is 0 Å². The SMILES string of the molecule is Cc1ncc(Nc2nc(NC3C(NC(=O)OC(C)(C)C)CCCC3OCc3ccccc3)c(F)cc2C#N)cc1-n1nccn1. The fourth-order valence-corrected chi connectivity index (χ4v) is 5.13. The van der Waals surface area contributed by atoms with Gasteiger partial charge < -0.3 is 25.4 Å². The molecule has 13 heteroatoms. The van der Waals surface area contributed by atoms with Gasteiger partial charge in [0.1, 0.15) is 17.4 Å². The van der Waals surface area contributed by atoms with E-state index >= 15 is 4.39 Å². The number of nitriles is 1. The molecule has 5 rings (SSSR count). The second-order valence-electron chi connectivity index (χ2n) is 11.8. The molecule has 0 bridgehead atoms. The first-order valence-electron chi connectivity index (χ1n) is 14.7. The van der Waals surface area contributed by atoms with Crippen molar-refractivity contribution >= 4 is 23.4 Å². The molecule has 1 aliphatic carbocycles. The summed E-state index contributed by atoms with van der Waals surface area (Å²) in [5.41, 5.74) is 2.12. The average Bonchev–Trinajstić information content (AvgIpc) is 3.54. The van der Waals surface area contributed by atoms with Crippen molar-refractivity contribution < 1.29 is 18.7 Å². The van der Waals surface area contributed by atoms with Crippen LogP contribution in [0, 0.1) is 24.1 Å². The van der Waals surface area contributed by atoms with Crippen molar-refractivity contribution in [3.8, 4) is 11.8 Å². The molecule has 12 nitrogen and oxygen atoms in total. The number of carbonyl (C=O) groups excluding carboxylic acids is 1. The summed E-state index contributed by atoms with van der Waals surface area (Å²) >= 11 is 0. The zero-order chi connectivity index (χ0) is 32.0. The number of hydrogen-bond acceptors (Lipinski definition) is 10. The van der Waals surface area contributed by atoms with Gasteiger partial charge in [-0.1, -0.05) is 30.3 Å². The number of anilines is 3. The predicted octanol–water partition coefficient (Wildman–Crippen LogP) is 5.56. The maximum Gasteiger partial charge on any atom is 0.407 e. The third-order valence-corrected chi connectivity index (χ3v) is 7.20. The van der Waals surface area contributed by atoms with Crippen LogP contribution in [0.1, 0.15) is 56.9 Å². The summed E-state index contributed by atoms with van der Waals surface area (Å²) < 4.78 is 27.4. The quantitative estimate of drug-likeness (QED) is 0.219. The highest BCUT2D eigenvalue weighted by atomic mass is 19.1. The maximum absolute atomic E-state index is 15.5. The monoisotopic (exact) mass is 613 g/mol. The van der Waals surface area contributed by atoms with Crippen LogP contribution in [0.3, 0.4) is 0 Å². The van der Waals surface area contributed by atoms with Gasteiger partial charge in [-0.05, 0) is 64.7 Å².